The van der Waals surface area contributed by atoms with Crippen LogP contribution in [-0.4, -0.2) is 67.6 Å². The number of fused-ring (bicyclic) bond motifs is 2. The summed E-state index contributed by atoms with van der Waals surface area (Å²) in [6.45, 7) is 3.71. The van der Waals surface area contributed by atoms with Gasteiger partial charge in [-0.2, -0.15) is 0 Å². The monoisotopic (exact) mass is 467 g/mol. The van der Waals surface area contributed by atoms with Crippen LogP contribution in [0.1, 0.15) is 37.8 Å². The van der Waals surface area contributed by atoms with Crippen molar-refractivity contribution in [3.8, 4) is 11.1 Å². The zero-order valence-electron chi connectivity index (χ0n) is 18.8. The van der Waals surface area contributed by atoms with Crippen molar-refractivity contribution in [1.82, 2.24) is 29.2 Å². The SMILES string of the molecule is FC(F)c1cnc2ccc(-c3c[nH]c4ncnc(N[C@H]5CC[C@H](N6CCOCC6)CC5)c34)cn12. The summed E-state index contributed by atoms with van der Waals surface area (Å²) < 4.78 is 33.8. The molecule has 0 aromatic carbocycles. The van der Waals surface area contributed by atoms with Crippen LogP contribution >= 0.6 is 0 Å². The Bertz CT molecular complexity index is 1290. The van der Waals surface area contributed by atoms with E-state index in [1.54, 1.807) is 18.6 Å². The van der Waals surface area contributed by atoms with Crippen molar-refractivity contribution in [1.29, 1.82) is 0 Å². The van der Waals surface area contributed by atoms with E-state index in [-0.39, 0.29) is 5.69 Å². The first kappa shape index (κ1) is 21.4. The maximum Gasteiger partial charge on any atom is 0.280 e. The lowest BCUT2D eigenvalue weighted by Gasteiger charge is -2.39. The average molecular weight is 468 g/mol. The fourth-order valence-corrected chi connectivity index (χ4v) is 5.34. The number of hydrogen-bond donors (Lipinski definition) is 2. The molecule has 0 bridgehead atoms. The first-order valence-electron chi connectivity index (χ1n) is 11.8. The number of nitrogens with one attached hydrogen (secondary N) is 2. The van der Waals surface area contributed by atoms with Crippen molar-refractivity contribution in [2.75, 3.05) is 31.6 Å². The molecule has 4 aromatic heterocycles. The molecule has 34 heavy (non-hydrogen) atoms. The minimum atomic E-state index is -2.60. The summed E-state index contributed by atoms with van der Waals surface area (Å²) in [7, 11) is 0. The molecule has 6 rings (SSSR count). The highest BCUT2D eigenvalue weighted by atomic mass is 19.3. The van der Waals surface area contributed by atoms with Crippen molar-refractivity contribution in [3.63, 3.8) is 0 Å². The minimum absolute atomic E-state index is 0.122. The summed E-state index contributed by atoms with van der Waals surface area (Å²) in [5.74, 6) is 0.774. The number of aromatic amines is 1. The third kappa shape index (κ3) is 3.90. The van der Waals surface area contributed by atoms with E-state index in [0.717, 1.165) is 74.3 Å². The number of alkyl halides is 2. The molecule has 4 aromatic rings. The molecular weight excluding hydrogens is 440 g/mol. The Hall–Kier alpha value is -3.11. The number of ether oxygens (including phenoxy) is 1. The van der Waals surface area contributed by atoms with Crippen LogP contribution in [0.25, 0.3) is 27.8 Å². The second kappa shape index (κ2) is 8.92. The summed E-state index contributed by atoms with van der Waals surface area (Å²) in [4.78, 5) is 18.8. The molecule has 1 saturated carbocycles. The zero-order chi connectivity index (χ0) is 23.1. The highest BCUT2D eigenvalue weighted by molar-refractivity contribution is 6.00. The van der Waals surface area contributed by atoms with Gasteiger partial charge in [-0.25, -0.2) is 23.7 Å². The maximum absolute atomic E-state index is 13.4. The zero-order valence-corrected chi connectivity index (χ0v) is 18.8. The van der Waals surface area contributed by atoms with E-state index in [0.29, 0.717) is 23.4 Å². The van der Waals surface area contributed by atoms with E-state index < -0.39 is 6.43 Å². The highest BCUT2D eigenvalue weighted by Crippen LogP contribution is 2.34. The number of nitrogens with zero attached hydrogens (tertiary/aromatic N) is 5. The molecule has 1 saturated heterocycles. The van der Waals surface area contributed by atoms with Gasteiger partial charge in [0, 0.05) is 48.7 Å². The van der Waals surface area contributed by atoms with Gasteiger partial charge in [-0.1, -0.05) is 0 Å². The molecule has 5 heterocycles. The maximum atomic E-state index is 13.4. The Kier molecular flexibility index (Phi) is 5.62. The first-order valence-corrected chi connectivity index (χ1v) is 11.8. The first-order chi connectivity index (χ1) is 16.7. The normalized spacial score (nSPS) is 22.1. The molecule has 1 aliphatic heterocycles. The van der Waals surface area contributed by atoms with Crippen molar-refractivity contribution < 1.29 is 13.5 Å². The van der Waals surface area contributed by atoms with Gasteiger partial charge in [0.15, 0.2) is 0 Å². The van der Waals surface area contributed by atoms with Gasteiger partial charge in [-0.3, -0.25) is 9.30 Å². The molecule has 1 aliphatic carbocycles. The lowest BCUT2D eigenvalue weighted by molar-refractivity contribution is 0.00791. The second-order valence-corrected chi connectivity index (χ2v) is 9.08. The summed E-state index contributed by atoms with van der Waals surface area (Å²) >= 11 is 0. The van der Waals surface area contributed by atoms with Crippen LogP contribution in [0, 0.1) is 0 Å². The topological polar surface area (TPSA) is 83.4 Å². The third-order valence-electron chi connectivity index (χ3n) is 7.14. The van der Waals surface area contributed by atoms with Crippen LogP contribution in [0.3, 0.4) is 0 Å². The van der Waals surface area contributed by atoms with Crippen molar-refractivity contribution >= 4 is 22.5 Å². The van der Waals surface area contributed by atoms with E-state index in [9.17, 15) is 8.78 Å². The van der Waals surface area contributed by atoms with Gasteiger partial charge in [0.25, 0.3) is 6.43 Å². The number of morpholine rings is 1. The Morgan fingerprint density at radius 2 is 1.88 bits per heavy atom. The van der Waals surface area contributed by atoms with Gasteiger partial charge in [0.2, 0.25) is 0 Å². The molecule has 0 radical (unpaired) electrons. The quantitative estimate of drug-likeness (QED) is 0.456. The Morgan fingerprint density at radius 1 is 1.06 bits per heavy atom. The number of imidazole rings is 1. The third-order valence-corrected chi connectivity index (χ3v) is 7.14. The molecule has 2 N–H and O–H groups in total. The van der Waals surface area contributed by atoms with E-state index in [1.165, 1.54) is 10.6 Å². The predicted octanol–water partition coefficient (Wildman–Crippen LogP) is 4.27. The largest absolute Gasteiger partial charge is 0.379 e. The predicted molar refractivity (Wildman–Crippen MR) is 125 cm³/mol. The molecule has 0 unspecified atom stereocenters. The van der Waals surface area contributed by atoms with Gasteiger partial charge in [0.1, 0.15) is 29.1 Å². The van der Waals surface area contributed by atoms with Crippen molar-refractivity contribution in [2.45, 2.75) is 44.2 Å². The molecule has 0 spiro atoms. The van der Waals surface area contributed by atoms with Gasteiger partial charge in [-0.15, -0.1) is 0 Å². The molecule has 8 nitrogen and oxygen atoms in total. The standard InChI is InChI=1S/C24H27F2N7O/c25-22(26)19-12-27-20-6-1-15(13-33(19)20)18-11-28-23-21(18)24(30-14-29-23)31-16-2-4-17(5-3-16)32-7-9-34-10-8-32/h1,6,11-14,16-17,22H,2-5,7-10H2,(H2,28,29,30,31)/t16-,17-. The molecule has 10 heteroatoms. The van der Waals surface area contributed by atoms with Gasteiger partial charge in [-0.05, 0) is 37.8 Å². The number of rotatable bonds is 5. The number of anilines is 1. The van der Waals surface area contributed by atoms with Crippen LogP contribution in [0.5, 0.6) is 0 Å². The fourth-order valence-electron chi connectivity index (χ4n) is 5.34. The van der Waals surface area contributed by atoms with Crippen LogP contribution in [0.2, 0.25) is 0 Å². The Balaban J connectivity index is 1.26. The molecular formula is C24H27F2N7O. The van der Waals surface area contributed by atoms with Crippen LogP contribution < -0.4 is 5.32 Å². The van der Waals surface area contributed by atoms with E-state index in [1.807, 2.05) is 12.3 Å². The van der Waals surface area contributed by atoms with Gasteiger partial charge in [0.05, 0.1) is 24.8 Å². The number of aromatic nitrogens is 5. The summed E-state index contributed by atoms with van der Waals surface area (Å²) in [5, 5.41) is 4.52. The average Bonchev–Trinajstić information content (AvgIpc) is 3.50. The molecule has 2 fully saturated rings. The number of pyridine rings is 1. The molecule has 0 atom stereocenters. The van der Waals surface area contributed by atoms with Crippen LogP contribution in [-0.2, 0) is 4.74 Å². The smallest absolute Gasteiger partial charge is 0.280 e. The molecule has 2 aliphatic rings. The number of hydrogen-bond acceptors (Lipinski definition) is 6. The Labute approximate surface area is 195 Å². The van der Waals surface area contributed by atoms with Crippen molar-refractivity contribution in [2.24, 2.45) is 0 Å². The van der Waals surface area contributed by atoms with Crippen LogP contribution in [0.4, 0.5) is 14.6 Å². The summed E-state index contributed by atoms with van der Waals surface area (Å²) in [5.41, 5.74) is 2.76. The fraction of sp³-hybridized carbons (Fsp3) is 0.458. The van der Waals surface area contributed by atoms with Crippen molar-refractivity contribution in [3.05, 3.63) is 42.7 Å². The van der Waals surface area contributed by atoms with E-state index >= 15 is 0 Å². The van der Waals surface area contributed by atoms with Gasteiger partial charge >= 0.3 is 0 Å². The van der Waals surface area contributed by atoms with E-state index in [4.69, 9.17) is 4.74 Å². The van der Waals surface area contributed by atoms with E-state index in [2.05, 4.69) is 30.2 Å². The number of H-pyrrole nitrogens is 1. The minimum Gasteiger partial charge on any atom is -0.379 e. The number of halogens is 2. The van der Waals surface area contributed by atoms with Gasteiger partial charge < -0.3 is 15.0 Å². The van der Waals surface area contributed by atoms with Crippen LogP contribution in [0.15, 0.2) is 37.1 Å². The highest BCUT2D eigenvalue weighted by Gasteiger charge is 2.27. The lowest BCUT2D eigenvalue weighted by atomic mass is 9.90. The molecule has 178 valence electrons. The Morgan fingerprint density at radius 3 is 2.68 bits per heavy atom. The second-order valence-electron chi connectivity index (χ2n) is 9.08. The summed E-state index contributed by atoms with van der Waals surface area (Å²) in [6, 6.07) is 4.61. The summed E-state index contributed by atoms with van der Waals surface area (Å²) in [6.07, 6.45) is 8.20. The lowest BCUT2D eigenvalue weighted by Crippen LogP contribution is -2.46. The molecule has 0 amide bonds.